The van der Waals surface area contributed by atoms with Gasteiger partial charge in [0.15, 0.2) is 0 Å². The van der Waals surface area contributed by atoms with Crippen molar-refractivity contribution in [3.05, 3.63) is 94.6 Å². The highest BCUT2D eigenvalue weighted by Crippen LogP contribution is 2.55. The van der Waals surface area contributed by atoms with Crippen molar-refractivity contribution >= 4 is 34.9 Å². The van der Waals surface area contributed by atoms with E-state index in [2.05, 4.69) is 107 Å². The van der Waals surface area contributed by atoms with Gasteiger partial charge in [-0.1, -0.05) is 52.0 Å². The molecule has 2 unspecified atom stereocenters. The van der Waals surface area contributed by atoms with Gasteiger partial charge in [-0.15, -0.1) is 36.7 Å². The lowest BCUT2D eigenvalue weighted by molar-refractivity contribution is 0.221. The zero-order chi connectivity index (χ0) is 34.7. The van der Waals surface area contributed by atoms with Gasteiger partial charge in [-0.05, 0) is 86.9 Å². The molecule has 1 heterocycles. The van der Waals surface area contributed by atoms with Gasteiger partial charge in [0.05, 0.1) is 18.0 Å². The summed E-state index contributed by atoms with van der Waals surface area (Å²) in [6.07, 6.45) is 11.0. The van der Waals surface area contributed by atoms with Crippen LogP contribution in [0.2, 0.25) is 0 Å². The van der Waals surface area contributed by atoms with Gasteiger partial charge in [0.25, 0.3) is 0 Å². The van der Waals surface area contributed by atoms with Crippen molar-refractivity contribution in [3.8, 4) is 11.5 Å². The summed E-state index contributed by atoms with van der Waals surface area (Å²) in [5.41, 5.74) is 14.7. The van der Waals surface area contributed by atoms with Crippen molar-refractivity contribution in [3.63, 3.8) is 0 Å². The number of phenolic OH excluding ortho intramolecular Hbond substituents is 2. The van der Waals surface area contributed by atoms with E-state index in [1.165, 1.54) is 4.90 Å². The van der Waals surface area contributed by atoms with Crippen LogP contribution in [0.4, 0.5) is 11.4 Å². The summed E-state index contributed by atoms with van der Waals surface area (Å²) in [5.74, 6) is 0.640. The molecule has 0 fully saturated rings. The molecule has 1 aliphatic heterocycles. The monoisotopic (exact) mass is 673 g/mol. The van der Waals surface area contributed by atoms with Crippen molar-refractivity contribution < 1.29 is 10.2 Å². The first-order valence-corrected chi connectivity index (χ1v) is 19.3. The third-order valence-corrected chi connectivity index (χ3v) is 12.4. The molecule has 4 rings (SSSR count). The summed E-state index contributed by atoms with van der Waals surface area (Å²) in [6, 6.07) is 10.9. The molecule has 4 N–H and O–H groups in total. The van der Waals surface area contributed by atoms with E-state index in [4.69, 9.17) is 5.73 Å². The molecule has 3 aromatic carbocycles. The SMILES string of the molecule is C=CCc1cc2c(O)c(c1)C(C)(CC)C(C)(CC)c1cc(CC=C)cc(c1O)CN(CN)c1c(SC)cc(SC)c(c1C)N(CC)C2. The normalized spacial score (nSPS) is 19.7. The van der Waals surface area contributed by atoms with Crippen LogP contribution in [0.1, 0.15) is 86.4 Å². The minimum atomic E-state index is -0.526. The molecular weight excluding hydrogens is 619 g/mol. The standard InChI is InChI=1S/C40H55N3O2S2/c1-11-16-27-18-29-23-42(15-5)35-26(6)36(34(47-10)22-33(35)46-9)43(25-41)24-30-19-28(17-12-2)21-32(38(30)45)40(8,14-4)39(7,13-3)31(20-27)37(29)44/h11-12,18-22,44-45H,1-2,13-17,23-25,41H2,3-10H3. The highest BCUT2D eigenvalue weighted by atomic mass is 32.2. The van der Waals surface area contributed by atoms with Gasteiger partial charge in [0.2, 0.25) is 0 Å². The number of hydrogen-bond acceptors (Lipinski definition) is 7. The van der Waals surface area contributed by atoms with Crippen LogP contribution >= 0.6 is 23.5 Å². The summed E-state index contributed by atoms with van der Waals surface area (Å²) >= 11 is 3.46. The van der Waals surface area contributed by atoms with Crippen LogP contribution in [0.3, 0.4) is 0 Å². The molecule has 47 heavy (non-hydrogen) atoms. The van der Waals surface area contributed by atoms with Gasteiger partial charge >= 0.3 is 0 Å². The molecule has 0 aromatic heterocycles. The number of nitrogens with zero attached hydrogens (tertiary/aromatic N) is 2. The first-order chi connectivity index (χ1) is 22.4. The van der Waals surface area contributed by atoms with Crippen molar-refractivity contribution in [2.45, 2.75) is 101 Å². The van der Waals surface area contributed by atoms with Crippen molar-refractivity contribution in [1.29, 1.82) is 0 Å². The van der Waals surface area contributed by atoms with Gasteiger partial charge in [-0.2, -0.15) is 0 Å². The summed E-state index contributed by atoms with van der Waals surface area (Å²) in [7, 11) is 0. The quantitative estimate of drug-likeness (QED) is 0.146. The average Bonchev–Trinajstić information content (AvgIpc) is 3.07. The van der Waals surface area contributed by atoms with Crippen molar-refractivity contribution in [1.82, 2.24) is 0 Å². The van der Waals surface area contributed by atoms with Crippen LogP contribution in [0, 0.1) is 6.92 Å². The molecule has 6 bridgehead atoms. The minimum absolute atomic E-state index is 0.295. The lowest BCUT2D eigenvalue weighted by Crippen LogP contribution is -2.45. The molecule has 0 saturated heterocycles. The van der Waals surface area contributed by atoms with Gasteiger partial charge in [0.1, 0.15) is 11.5 Å². The Morgan fingerprint density at radius 1 is 0.766 bits per heavy atom. The number of phenols is 2. The Kier molecular flexibility index (Phi) is 11.8. The van der Waals surface area contributed by atoms with E-state index in [9.17, 15) is 10.2 Å². The topological polar surface area (TPSA) is 73.0 Å². The number of fused-ring (bicyclic) bond motifs is 6. The molecule has 1 aliphatic rings. The molecule has 0 amide bonds. The van der Waals surface area contributed by atoms with Gasteiger partial charge < -0.3 is 25.7 Å². The highest BCUT2D eigenvalue weighted by molar-refractivity contribution is 7.99. The first kappa shape index (κ1) is 36.8. The number of thioether (sulfide) groups is 2. The Hall–Kier alpha value is -3.00. The van der Waals surface area contributed by atoms with Crippen LogP contribution < -0.4 is 15.5 Å². The number of hydrogen-bond donors (Lipinski definition) is 3. The van der Waals surface area contributed by atoms with E-state index >= 15 is 0 Å². The van der Waals surface area contributed by atoms with Crippen molar-refractivity contribution in [2.24, 2.45) is 5.73 Å². The number of allylic oxidation sites excluding steroid dienone is 2. The molecule has 5 nitrogen and oxygen atoms in total. The summed E-state index contributed by atoms with van der Waals surface area (Å²) in [6.45, 7) is 23.5. The summed E-state index contributed by atoms with van der Waals surface area (Å²) in [4.78, 5) is 6.94. The Bertz CT molecular complexity index is 1520. The smallest absolute Gasteiger partial charge is 0.124 e. The molecule has 3 aromatic rings. The van der Waals surface area contributed by atoms with Crippen LogP contribution in [-0.4, -0.2) is 35.9 Å². The number of nitrogens with two attached hydrogens (primary N) is 1. The maximum Gasteiger partial charge on any atom is 0.124 e. The van der Waals surface area contributed by atoms with E-state index < -0.39 is 10.8 Å². The number of rotatable bonds is 10. The maximum absolute atomic E-state index is 12.4. The fourth-order valence-corrected chi connectivity index (χ4v) is 9.26. The van der Waals surface area contributed by atoms with Gasteiger partial charge in [-0.3, -0.25) is 0 Å². The molecule has 7 heteroatoms. The zero-order valence-electron chi connectivity index (χ0n) is 29.8. The van der Waals surface area contributed by atoms with Gasteiger partial charge in [0, 0.05) is 62.5 Å². The molecule has 2 atom stereocenters. The molecule has 0 radical (unpaired) electrons. The highest BCUT2D eigenvalue weighted by Gasteiger charge is 2.48. The van der Waals surface area contributed by atoms with Gasteiger partial charge in [-0.25, -0.2) is 0 Å². The van der Waals surface area contributed by atoms with E-state index in [1.54, 1.807) is 23.5 Å². The van der Waals surface area contributed by atoms with Crippen molar-refractivity contribution in [2.75, 3.05) is 35.5 Å². The molecule has 0 saturated carbocycles. The fraction of sp³-hybridized carbons (Fsp3) is 0.450. The second-order valence-electron chi connectivity index (χ2n) is 13.2. The summed E-state index contributed by atoms with van der Waals surface area (Å²) in [5, 5.41) is 24.7. The van der Waals surface area contributed by atoms with Crippen LogP contribution in [0.25, 0.3) is 0 Å². The molecule has 254 valence electrons. The molecular formula is C40H55N3O2S2. The number of aromatic hydroxyl groups is 2. The lowest BCUT2D eigenvalue weighted by atomic mass is 9.55. The number of benzene rings is 3. The largest absolute Gasteiger partial charge is 0.507 e. The molecule has 0 aliphatic carbocycles. The third-order valence-electron chi connectivity index (χ3n) is 10.9. The first-order valence-electron chi connectivity index (χ1n) is 16.8. The fourth-order valence-electron chi connectivity index (χ4n) is 7.76. The second-order valence-corrected chi connectivity index (χ2v) is 14.9. The zero-order valence-corrected chi connectivity index (χ0v) is 31.4. The van der Waals surface area contributed by atoms with E-state index in [1.807, 2.05) is 12.2 Å². The average molecular weight is 674 g/mol. The predicted octanol–water partition coefficient (Wildman–Crippen LogP) is 9.61. The number of anilines is 2. The van der Waals surface area contributed by atoms with E-state index in [0.29, 0.717) is 44.1 Å². The third kappa shape index (κ3) is 6.43. The maximum atomic E-state index is 12.4. The van der Waals surface area contributed by atoms with Crippen LogP contribution in [-0.2, 0) is 36.8 Å². The molecule has 0 spiro atoms. The summed E-state index contributed by atoms with van der Waals surface area (Å²) < 4.78 is 0. The Balaban J connectivity index is 2.25. The van der Waals surface area contributed by atoms with E-state index in [-0.39, 0.29) is 0 Å². The Labute approximate surface area is 292 Å². The predicted molar refractivity (Wildman–Crippen MR) is 206 cm³/mol. The minimum Gasteiger partial charge on any atom is -0.507 e. The Morgan fingerprint density at radius 3 is 1.55 bits per heavy atom. The lowest BCUT2D eigenvalue weighted by Gasteiger charge is -2.48. The van der Waals surface area contributed by atoms with E-state index in [0.717, 1.165) is 74.6 Å². The van der Waals surface area contributed by atoms with Crippen LogP contribution in [0.15, 0.2) is 65.4 Å². The van der Waals surface area contributed by atoms with Crippen LogP contribution in [0.5, 0.6) is 11.5 Å². The Morgan fingerprint density at radius 2 is 1.19 bits per heavy atom. The second kappa shape index (κ2) is 15.0.